The first-order valence-corrected chi connectivity index (χ1v) is 8.84. The fourth-order valence-electron chi connectivity index (χ4n) is 2.99. The molecule has 0 bridgehead atoms. The molecule has 1 atom stereocenters. The number of nitrogens with zero attached hydrogens (tertiary/aromatic N) is 2. The van der Waals surface area contributed by atoms with Gasteiger partial charge in [0.1, 0.15) is 5.76 Å². The zero-order valence-corrected chi connectivity index (χ0v) is 15.9. The minimum atomic E-state index is -0.767. The van der Waals surface area contributed by atoms with E-state index in [0.717, 1.165) is 0 Å². The van der Waals surface area contributed by atoms with Crippen LogP contribution in [0.2, 0.25) is 10.0 Å². The number of ketones is 1. The molecule has 1 fully saturated rings. The Labute approximate surface area is 166 Å². The summed E-state index contributed by atoms with van der Waals surface area (Å²) in [5, 5.41) is 11.4. The minimum absolute atomic E-state index is 0.0132. The summed E-state index contributed by atoms with van der Waals surface area (Å²) in [6.45, 7) is 0.452. The Bertz CT molecular complexity index is 915. The number of ether oxygens (including phenoxy) is 1. The lowest BCUT2D eigenvalue weighted by atomic mass is 9.96. The molecule has 1 unspecified atom stereocenters. The van der Waals surface area contributed by atoms with E-state index in [1.807, 2.05) is 0 Å². The van der Waals surface area contributed by atoms with Crippen molar-refractivity contribution >= 4 is 40.7 Å². The molecular formula is C19H16Cl2N2O4. The quantitative estimate of drug-likeness (QED) is 0.467. The molecule has 3 rings (SSSR count). The van der Waals surface area contributed by atoms with E-state index in [-0.39, 0.29) is 29.5 Å². The number of likely N-dealkylation sites (tertiary alicyclic amines) is 1. The number of methoxy groups -OCH3 is 1. The van der Waals surface area contributed by atoms with Gasteiger partial charge in [-0.1, -0.05) is 23.2 Å². The molecule has 1 amide bonds. The molecule has 1 aliphatic heterocycles. The Morgan fingerprint density at radius 1 is 1.19 bits per heavy atom. The van der Waals surface area contributed by atoms with Crippen LogP contribution in [-0.4, -0.2) is 46.9 Å². The highest BCUT2D eigenvalue weighted by Crippen LogP contribution is 2.39. The van der Waals surface area contributed by atoms with Gasteiger partial charge in [0.05, 0.1) is 28.3 Å². The molecule has 0 spiro atoms. The van der Waals surface area contributed by atoms with Crippen LogP contribution < -0.4 is 0 Å². The van der Waals surface area contributed by atoms with Gasteiger partial charge in [0.15, 0.2) is 0 Å². The highest BCUT2D eigenvalue weighted by atomic mass is 35.5. The molecule has 1 saturated heterocycles. The molecule has 8 heteroatoms. The zero-order chi connectivity index (χ0) is 19.6. The number of hydrogen-bond donors (Lipinski definition) is 1. The van der Waals surface area contributed by atoms with Crippen LogP contribution in [0.5, 0.6) is 0 Å². The number of carbonyl (C=O) groups is 2. The number of rotatable bonds is 5. The molecule has 6 nitrogen and oxygen atoms in total. The van der Waals surface area contributed by atoms with E-state index in [9.17, 15) is 14.7 Å². The van der Waals surface area contributed by atoms with Gasteiger partial charge in [-0.3, -0.25) is 14.6 Å². The first-order chi connectivity index (χ1) is 13.0. The SMILES string of the molecule is COCCN1C(=O)C(=O)/C(=C(\O)c2ccc(Cl)c(Cl)c2)C1c1ccncc1. The van der Waals surface area contributed by atoms with Gasteiger partial charge in [-0.25, -0.2) is 0 Å². The number of aliphatic hydroxyl groups is 1. The Morgan fingerprint density at radius 3 is 2.52 bits per heavy atom. The number of hydrogen-bond acceptors (Lipinski definition) is 5. The third-order valence-corrected chi connectivity index (χ3v) is 5.03. The molecule has 1 aromatic heterocycles. The predicted molar refractivity (Wildman–Crippen MR) is 102 cm³/mol. The smallest absolute Gasteiger partial charge is 0.295 e. The molecule has 1 aromatic carbocycles. The second-order valence-corrected chi connectivity index (χ2v) is 6.71. The van der Waals surface area contributed by atoms with Gasteiger partial charge < -0.3 is 14.7 Å². The number of Topliss-reactive ketones (excluding diaryl/α,β-unsaturated/α-hetero) is 1. The standard InChI is InChI=1S/C19H16Cl2N2O4/c1-27-9-8-23-16(11-4-6-22-7-5-11)15(18(25)19(23)26)17(24)12-2-3-13(20)14(21)10-12/h2-7,10,16,24H,8-9H2,1H3/b17-15-. The monoisotopic (exact) mass is 406 g/mol. The summed E-state index contributed by atoms with van der Waals surface area (Å²) in [5.41, 5.74) is 0.941. The summed E-state index contributed by atoms with van der Waals surface area (Å²) < 4.78 is 5.05. The summed E-state index contributed by atoms with van der Waals surface area (Å²) in [6.07, 6.45) is 3.12. The summed E-state index contributed by atoms with van der Waals surface area (Å²) in [4.78, 5) is 30.6. The van der Waals surface area contributed by atoms with Crippen molar-refractivity contribution in [2.24, 2.45) is 0 Å². The molecule has 0 radical (unpaired) electrons. The molecular weight excluding hydrogens is 391 g/mol. The van der Waals surface area contributed by atoms with Crippen LogP contribution in [0.3, 0.4) is 0 Å². The van der Waals surface area contributed by atoms with Crippen LogP contribution in [-0.2, 0) is 14.3 Å². The molecule has 0 saturated carbocycles. The lowest BCUT2D eigenvalue weighted by Crippen LogP contribution is -2.32. The van der Waals surface area contributed by atoms with Crippen LogP contribution in [0, 0.1) is 0 Å². The third kappa shape index (κ3) is 3.69. The fraction of sp³-hybridized carbons (Fsp3) is 0.211. The lowest BCUT2D eigenvalue weighted by molar-refractivity contribution is -0.140. The normalized spacial score (nSPS) is 18.9. The topological polar surface area (TPSA) is 79.7 Å². The maximum Gasteiger partial charge on any atom is 0.295 e. The van der Waals surface area contributed by atoms with Crippen molar-refractivity contribution in [3.05, 3.63) is 69.5 Å². The summed E-state index contributed by atoms with van der Waals surface area (Å²) in [5.74, 6) is -1.78. The molecule has 0 aliphatic carbocycles. The van der Waals surface area contributed by atoms with Crippen LogP contribution in [0.15, 0.2) is 48.3 Å². The van der Waals surface area contributed by atoms with Gasteiger partial charge in [-0.15, -0.1) is 0 Å². The predicted octanol–water partition coefficient (Wildman–Crippen LogP) is 3.46. The largest absolute Gasteiger partial charge is 0.507 e. The van der Waals surface area contributed by atoms with Crippen molar-refractivity contribution in [1.29, 1.82) is 0 Å². The van der Waals surface area contributed by atoms with Crippen molar-refractivity contribution in [3.63, 3.8) is 0 Å². The van der Waals surface area contributed by atoms with E-state index in [1.165, 1.54) is 30.2 Å². The van der Waals surface area contributed by atoms with Crippen LogP contribution in [0.25, 0.3) is 5.76 Å². The lowest BCUT2D eigenvalue weighted by Gasteiger charge is -2.24. The first kappa shape index (κ1) is 19.4. The fourth-order valence-corrected chi connectivity index (χ4v) is 3.29. The second kappa shape index (κ2) is 8.08. The number of aliphatic hydroxyl groups excluding tert-OH is 1. The Balaban J connectivity index is 2.16. The number of benzene rings is 1. The number of pyridine rings is 1. The number of carbonyl (C=O) groups excluding carboxylic acids is 2. The molecule has 2 heterocycles. The van der Waals surface area contributed by atoms with E-state index in [0.29, 0.717) is 16.1 Å². The number of amides is 1. The van der Waals surface area contributed by atoms with E-state index in [4.69, 9.17) is 27.9 Å². The van der Waals surface area contributed by atoms with Gasteiger partial charge >= 0.3 is 0 Å². The second-order valence-electron chi connectivity index (χ2n) is 5.89. The van der Waals surface area contributed by atoms with Crippen molar-refractivity contribution in [2.75, 3.05) is 20.3 Å². The maximum atomic E-state index is 12.7. The summed E-state index contributed by atoms with van der Waals surface area (Å²) in [6, 6.07) is 7.14. The zero-order valence-electron chi connectivity index (χ0n) is 14.4. The van der Waals surface area contributed by atoms with Gasteiger partial charge in [-0.05, 0) is 35.9 Å². The van der Waals surface area contributed by atoms with Crippen LogP contribution >= 0.6 is 23.2 Å². The Hall–Kier alpha value is -2.41. The van der Waals surface area contributed by atoms with Crippen LogP contribution in [0.1, 0.15) is 17.2 Å². The molecule has 140 valence electrons. The maximum absolute atomic E-state index is 12.7. The van der Waals surface area contributed by atoms with Gasteiger partial charge in [0.2, 0.25) is 0 Å². The van der Waals surface area contributed by atoms with E-state index >= 15 is 0 Å². The van der Waals surface area contributed by atoms with E-state index in [2.05, 4.69) is 4.98 Å². The average Bonchev–Trinajstić information content (AvgIpc) is 2.93. The van der Waals surface area contributed by atoms with Crippen molar-refractivity contribution in [3.8, 4) is 0 Å². The molecule has 1 N–H and O–H groups in total. The highest BCUT2D eigenvalue weighted by Gasteiger charge is 2.45. The van der Waals surface area contributed by atoms with Crippen molar-refractivity contribution in [2.45, 2.75) is 6.04 Å². The van der Waals surface area contributed by atoms with Crippen molar-refractivity contribution in [1.82, 2.24) is 9.88 Å². The molecule has 1 aliphatic rings. The van der Waals surface area contributed by atoms with Gasteiger partial charge in [-0.2, -0.15) is 0 Å². The minimum Gasteiger partial charge on any atom is -0.507 e. The molecule has 27 heavy (non-hydrogen) atoms. The van der Waals surface area contributed by atoms with E-state index in [1.54, 1.807) is 24.5 Å². The average molecular weight is 407 g/mol. The number of halogens is 2. The van der Waals surface area contributed by atoms with Crippen molar-refractivity contribution < 1.29 is 19.4 Å². The molecule has 2 aromatic rings. The Kier molecular flexibility index (Phi) is 5.79. The Morgan fingerprint density at radius 2 is 1.89 bits per heavy atom. The number of aromatic nitrogens is 1. The first-order valence-electron chi connectivity index (χ1n) is 8.08. The van der Waals surface area contributed by atoms with E-state index < -0.39 is 17.7 Å². The van der Waals surface area contributed by atoms with Crippen LogP contribution in [0.4, 0.5) is 0 Å². The van der Waals surface area contributed by atoms with Gasteiger partial charge in [0, 0.05) is 31.6 Å². The third-order valence-electron chi connectivity index (χ3n) is 4.29. The van der Waals surface area contributed by atoms with Gasteiger partial charge in [0.25, 0.3) is 11.7 Å². The summed E-state index contributed by atoms with van der Waals surface area (Å²) in [7, 11) is 1.51. The summed E-state index contributed by atoms with van der Waals surface area (Å²) >= 11 is 11.9. The highest BCUT2D eigenvalue weighted by molar-refractivity contribution is 6.46.